The van der Waals surface area contributed by atoms with Crippen molar-refractivity contribution in [2.75, 3.05) is 5.32 Å². The first kappa shape index (κ1) is 22.7. The Morgan fingerprint density at radius 1 is 1.12 bits per heavy atom. The third-order valence-corrected chi connectivity index (χ3v) is 6.23. The van der Waals surface area contributed by atoms with E-state index in [1.807, 2.05) is 32.3 Å². The lowest BCUT2D eigenvalue weighted by Gasteiger charge is -2.46. The fourth-order valence-electron chi connectivity index (χ4n) is 5.18. The Hall–Kier alpha value is -2.44. The number of nitrogens with zero attached hydrogens (tertiary/aromatic N) is 2. The molecule has 172 valence electrons. The second-order valence-electron chi connectivity index (χ2n) is 11.3. The maximum Gasteiger partial charge on any atom is 0.223 e. The zero-order valence-electron chi connectivity index (χ0n) is 20.2. The van der Waals surface area contributed by atoms with E-state index in [0.29, 0.717) is 12.0 Å². The van der Waals surface area contributed by atoms with Crippen LogP contribution in [0.5, 0.6) is 0 Å². The van der Waals surface area contributed by atoms with Crippen molar-refractivity contribution in [2.24, 2.45) is 0 Å². The highest BCUT2D eigenvalue weighted by Gasteiger charge is 2.37. The van der Waals surface area contributed by atoms with E-state index < -0.39 is 5.60 Å². The predicted octanol–water partition coefficient (Wildman–Crippen LogP) is 5.05. The van der Waals surface area contributed by atoms with E-state index in [-0.39, 0.29) is 11.1 Å². The molecule has 0 unspecified atom stereocenters. The van der Waals surface area contributed by atoms with Crippen molar-refractivity contribution in [3.8, 4) is 11.3 Å². The molecule has 4 N–H and O–H groups in total. The molecule has 0 radical (unpaired) electrons. The smallest absolute Gasteiger partial charge is 0.223 e. The summed E-state index contributed by atoms with van der Waals surface area (Å²) in [6.07, 6.45) is 7.47. The monoisotopic (exact) mass is 435 g/mol. The van der Waals surface area contributed by atoms with Gasteiger partial charge in [-0.25, -0.2) is 9.97 Å². The number of anilines is 1. The molecule has 0 spiro atoms. The zero-order chi connectivity index (χ0) is 23.1. The second kappa shape index (κ2) is 8.16. The van der Waals surface area contributed by atoms with Gasteiger partial charge >= 0.3 is 0 Å². The van der Waals surface area contributed by atoms with Gasteiger partial charge in [0.05, 0.1) is 11.3 Å². The minimum atomic E-state index is -0.654. The molecule has 4 rings (SSSR count). The molecule has 0 amide bonds. The van der Waals surface area contributed by atoms with Crippen LogP contribution in [0.3, 0.4) is 0 Å². The highest BCUT2D eigenvalue weighted by molar-refractivity contribution is 5.95. The molecule has 1 saturated heterocycles. The molecule has 0 bridgehead atoms. The van der Waals surface area contributed by atoms with Gasteiger partial charge in [0.1, 0.15) is 0 Å². The normalized spacial score (nSPS) is 18.7. The molecule has 1 fully saturated rings. The molecule has 6 nitrogen and oxygen atoms in total. The quantitative estimate of drug-likeness (QED) is 0.435. The minimum Gasteiger partial charge on any atom is -0.390 e. The summed E-state index contributed by atoms with van der Waals surface area (Å²) in [5, 5.41) is 18.5. The summed E-state index contributed by atoms with van der Waals surface area (Å²) in [6.45, 7) is 12.7. The fraction of sp³-hybridized carbons (Fsp3) is 0.538. The Labute approximate surface area is 191 Å². The first-order valence-electron chi connectivity index (χ1n) is 11.6. The van der Waals surface area contributed by atoms with Gasteiger partial charge in [-0.2, -0.15) is 0 Å². The van der Waals surface area contributed by atoms with Gasteiger partial charge in [-0.05, 0) is 84.9 Å². The van der Waals surface area contributed by atoms with Crippen molar-refractivity contribution in [3.63, 3.8) is 0 Å². The van der Waals surface area contributed by atoms with Gasteiger partial charge in [-0.15, -0.1) is 0 Å². The summed E-state index contributed by atoms with van der Waals surface area (Å²) in [5.41, 5.74) is 3.76. The summed E-state index contributed by atoms with van der Waals surface area (Å²) in [5.74, 6) is 0.678. The average Bonchev–Trinajstić information content (AvgIpc) is 3.06. The van der Waals surface area contributed by atoms with E-state index in [4.69, 9.17) is 4.98 Å². The van der Waals surface area contributed by atoms with Gasteiger partial charge in [0.15, 0.2) is 0 Å². The van der Waals surface area contributed by atoms with E-state index in [0.717, 1.165) is 47.8 Å². The number of benzene rings is 1. The molecule has 0 saturated carbocycles. The molecule has 0 atom stereocenters. The Morgan fingerprint density at radius 2 is 1.84 bits per heavy atom. The molecule has 0 aliphatic carbocycles. The van der Waals surface area contributed by atoms with Crippen LogP contribution in [0.1, 0.15) is 66.4 Å². The van der Waals surface area contributed by atoms with Crippen LogP contribution in [0, 0.1) is 0 Å². The summed E-state index contributed by atoms with van der Waals surface area (Å²) < 4.78 is 0. The number of fused-ring (bicyclic) bond motifs is 1. The zero-order valence-corrected chi connectivity index (χ0v) is 20.2. The van der Waals surface area contributed by atoms with Gasteiger partial charge in [0.25, 0.3) is 0 Å². The Kier molecular flexibility index (Phi) is 5.80. The molecule has 1 aromatic carbocycles. The largest absolute Gasteiger partial charge is 0.390 e. The maximum atomic E-state index is 10.0. The number of rotatable bonds is 6. The predicted molar refractivity (Wildman–Crippen MR) is 132 cm³/mol. The summed E-state index contributed by atoms with van der Waals surface area (Å²) in [7, 11) is 0. The molecule has 1 aliphatic rings. The Morgan fingerprint density at radius 3 is 2.53 bits per heavy atom. The molecular weight excluding hydrogens is 398 g/mol. The van der Waals surface area contributed by atoms with Crippen molar-refractivity contribution in [2.45, 2.75) is 89.9 Å². The number of aromatic nitrogens is 3. The molecule has 3 heterocycles. The van der Waals surface area contributed by atoms with E-state index in [1.165, 1.54) is 5.56 Å². The summed E-state index contributed by atoms with van der Waals surface area (Å²) >= 11 is 0. The van der Waals surface area contributed by atoms with Crippen molar-refractivity contribution in [3.05, 3.63) is 42.2 Å². The highest BCUT2D eigenvalue weighted by Crippen LogP contribution is 2.32. The molecular formula is C26H37N5O. The number of aliphatic hydroxyl groups is 1. The lowest BCUT2D eigenvalue weighted by Crippen LogP contribution is -2.60. The summed E-state index contributed by atoms with van der Waals surface area (Å²) in [4.78, 5) is 12.7. The number of aryl methyl sites for hydroxylation is 1. The van der Waals surface area contributed by atoms with Gasteiger partial charge in [0.2, 0.25) is 5.95 Å². The average molecular weight is 436 g/mol. The van der Waals surface area contributed by atoms with Crippen LogP contribution in [-0.2, 0) is 6.42 Å². The van der Waals surface area contributed by atoms with Crippen LogP contribution in [-0.4, -0.2) is 42.8 Å². The standard InChI is InChI=1S/C26H37N5O/c1-24(2)14-18(15-25(3,4)31-24)29-23-27-12-10-21(30-23)20-16-28-22-13-17(7-8-19(20)22)9-11-26(5,6)32/h7-8,10,12-13,16,18,28,31-32H,9,11,14-15H2,1-6H3,(H,27,29,30). The van der Waals surface area contributed by atoms with Crippen molar-refractivity contribution < 1.29 is 5.11 Å². The van der Waals surface area contributed by atoms with Crippen LogP contribution < -0.4 is 10.6 Å². The Bertz CT molecular complexity index is 1080. The van der Waals surface area contributed by atoms with Crippen LogP contribution in [0.2, 0.25) is 0 Å². The summed E-state index contributed by atoms with van der Waals surface area (Å²) in [6, 6.07) is 8.74. The topological polar surface area (TPSA) is 85.9 Å². The van der Waals surface area contributed by atoms with E-state index >= 15 is 0 Å². The molecule has 6 heteroatoms. The number of aromatic amines is 1. The van der Waals surface area contributed by atoms with Crippen molar-refractivity contribution in [1.82, 2.24) is 20.3 Å². The second-order valence-corrected chi connectivity index (χ2v) is 11.3. The fourth-order valence-corrected chi connectivity index (χ4v) is 5.18. The van der Waals surface area contributed by atoms with Gasteiger partial charge in [-0.3, -0.25) is 0 Å². The van der Waals surface area contributed by atoms with Crippen LogP contribution >= 0.6 is 0 Å². The van der Waals surface area contributed by atoms with Gasteiger partial charge < -0.3 is 20.7 Å². The van der Waals surface area contributed by atoms with Crippen LogP contribution in [0.4, 0.5) is 5.95 Å². The molecule has 32 heavy (non-hydrogen) atoms. The number of hydrogen-bond acceptors (Lipinski definition) is 5. The van der Waals surface area contributed by atoms with E-state index in [1.54, 1.807) is 0 Å². The molecule has 2 aromatic heterocycles. The number of H-pyrrole nitrogens is 1. The van der Waals surface area contributed by atoms with Gasteiger partial charge in [0, 0.05) is 46.0 Å². The van der Waals surface area contributed by atoms with Crippen LogP contribution in [0.25, 0.3) is 22.2 Å². The van der Waals surface area contributed by atoms with Crippen LogP contribution in [0.15, 0.2) is 36.7 Å². The highest BCUT2D eigenvalue weighted by atomic mass is 16.3. The van der Waals surface area contributed by atoms with E-state index in [2.05, 4.69) is 66.5 Å². The number of hydrogen-bond donors (Lipinski definition) is 4. The maximum absolute atomic E-state index is 10.0. The first-order chi connectivity index (χ1) is 14.9. The first-order valence-corrected chi connectivity index (χ1v) is 11.6. The lowest BCUT2D eigenvalue weighted by molar-refractivity contribution is 0.0714. The SMILES string of the molecule is CC(C)(O)CCc1ccc2c(-c3ccnc(NC4CC(C)(C)NC(C)(C)C4)n3)c[nH]c2c1. The van der Waals surface area contributed by atoms with E-state index in [9.17, 15) is 5.11 Å². The Balaban J connectivity index is 1.54. The van der Waals surface area contributed by atoms with Crippen molar-refractivity contribution >= 4 is 16.9 Å². The minimum absolute atomic E-state index is 0.0663. The molecule has 1 aliphatic heterocycles. The van der Waals surface area contributed by atoms with Crippen molar-refractivity contribution in [1.29, 1.82) is 0 Å². The lowest BCUT2D eigenvalue weighted by atomic mass is 9.80. The van der Waals surface area contributed by atoms with Gasteiger partial charge in [-0.1, -0.05) is 12.1 Å². The third-order valence-electron chi connectivity index (χ3n) is 6.23. The number of piperidine rings is 1. The molecule has 3 aromatic rings. The number of nitrogens with one attached hydrogen (secondary N) is 3. The third kappa shape index (κ3) is 5.48.